The molecule has 0 unspecified atom stereocenters. The van der Waals surface area contributed by atoms with Crippen LogP contribution in [-0.2, 0) is 4.79 Å². The second kappa shape index (κ2) is 12.4. The summed E-state index contributed by atoms with van der Waals surface area (Å²) >= 11 is 5.26. The molecule has 0 aromatic heterocycles. The molecule has 0 aliphatic carbocycles. The second-order valence-electron chi connectivity index (χ2n) is 7.87. The Kier molecular flexibility index (Phi) is 8.99. The number of hydrogen-bond acceptors (Lipinski definition) is 5. The van der Waals surface area contributed by atoms with Gasteiger partial charge < -0.3 is 20.1 Å². The molecule has 2 amide bonds. The molecule has 0 saturated carbocycles. The summed E-state index contributed by atoms with van der Waals surface area (Å²) in [6.45, 7) is 4.64. The fourth-order valence-corrected chi connectivity index (χ4v) is 3.05. The van der Waals surface area contributed by atoms with Gasteiger partial charge in [-0.1, -0.05) is 38.1 Å². The fraction of sp³-hybridized carbons (Fsp3) is 0.192. The number of carbonyl (C=O) groups excluding carboxylic acids is 2. The number of benzene rings is 3. The maximum atomic E-state index is 12.5. The molecule has 0 aliphatic rings. The van der Waals surface area contributed by atoms with Gasteiger partial charge in [-0.3, -0.25) is 14.9 Å². The Morgan fingerprint density at radius 2 is 1.47 bits per heavy atom. The fourth-order valence-electron chi connectivity index (χ4n) is 2.84. The highest BCUT2D eigenvalue weighted by Gasteiger charge is 2.10. The molecule has 0 radical (unpaired) electrons. The van der Waals surface area contributed by atoms with E-state index in [1.54, 1.807) is 60.7 Å². The molecule has 34 heavy (non-hydrogen) atoms. The monoisotopic (exact) mass is 477 g/mol. The number of ether oxygens (including phenoxy) is 2. The van der Waals surface area contributed by atoms with E-state index >= 15 is 0 Å². The van der Waals surface area contributed by atoms with Crippen LogP contribution in [0.3, 0.4) is 0 Å². The molecule has 8 heteroatoms. The molecule has 3 rings (SSSR count). The van der Waals surface area contributed by atoms with Crippen LogP contribution in [0, 0.1) is 5.92 Å². The van der Waals surface area contributed by atoms with E-state index in [-0.39, 0.29) is 23.5 Å². The van der Waals surface area contributed by atoms with Crippen molar-refractivity contribution in [2.45, 2.75) is 13.8 Å². The minimum absolute atomic E-state index is 0.114. The van der Waals surface area contributed by atoms with Crippen molar-refractivity contribution in [1.82, 2.24) is 5.32 Å². The van der Waals surface area contributed by atoms with E-state index in [2.05, 4.69) is 29.8 Å². The Morgan fingerprint density at radius 3 is 2.15 bits per heavy atom. The van der Waals surface area contributed by atoms with Gasteiger partial charge in [-0.2, -0.15) is 0 Å². The molecule has 176 valence electrons. The Morgan fingerprint density at radius 1 is 0.824 bits per heavy atom. The van der Waals surface area contributed by atoms with Crippen LogP contribution in [0.1, 0.15) is 24.2 Å². The van der Waals surface area contributed by atoms with E-state index in [1.807, 2.05) is 18.2 Å². The highest BCUT2D eigenvalue weighted by atomic mass is 32.1. The number of amides is 2. The van der Waals surface area contributed by atoms with Crippen LogP contribution in [-0.4, -0.2) is 30.1 Å². The van der Waals surface area contributed by atoms with Crippen molar-refractivity contribution in [2.24, 2.45) is 5.92 Å². The second-order valence-corrected chi connectivity index (χ2v) is 8.28. The summed E-state index contributed by atoms with van der Waals surface area (Å²) in [6, 6.07) is 23.0. The van der Waals surface area contributed by atoms with Gasteiger partial charge in [-0.05, 0) is 72.7 Å². The van der Waals surface area contributed by atoms with E-state index in [0.717, 1.165) is 0 Å². The number of carbonyl (C=O) groups is 2. The van der Waals surface area contributed by atoms with Crippen molar-refractivity contribution in [1.29, 1.82) is 0 Å². The van der Waals surface area contributed by atoms with Gasteiger partial charge in [0.15, 0.2) is 11.7 Å². The lowest BCUT2D eigenvalue weighted by molar-refractivity contribution is -0.118. The number of hydrogen-bond donors (Lipinski definition) is 3. The zero-order valence-electron chi connectivity index (χ0n) is 19.0. The largest absolute Gasteiger partial charge is 0.493 e. The maximum Gasteiger partial charge on any atom is 0.262 e. The van der Waals surface area contributed by atoms with E-state index in [0.29, 0.717) is 41.0 Å². The summed E-state index contributed by atoms with van der Waals surface area (Å²) < 4.78 is 11.1. The first kappa shape index (κ1) is 24.7. The van der Waals surface area contributed by atoms with Gasteiger partial charge >= 0.3 is 0 Å². The SMILES string of the molecule is CC(C)COc1ccc(C(=O)NC(=S)Nc2cccc(NC(=O)COc3ccccc3)c2)cc1. The summed E-state index contributed by atoms with van der Waals surface area (Å²) in [6.07, 6.45) is 0. The van der Waals surface area contributed by atoms with Crippen molar-refractivity contribution in [3.8, 4) is 11.5 Å². The maximum absolute atomic E-state index is 12.5. The van der Waals surface area contributed by atoms with Crippen molar-refractivity contribution in [3.05, 3.63) is 84.4 Å². The first-order valence-corrected chi connectivity index (χ1v) is 11.2. The molecule has 7 nitrogen and oxygen atoms in total. The molecule has 0 heterocycles. The predicted octanol–water partition coefficient (Wildman–Crippen LogP) is 4.87. The summed E-state index contributed by atoms with van der Waals surface area (Å²) in [5.41, 5.74) is 1.64. The Hall–Kier alpha value is -3.91. The normalized spacial score (nSPS) is 10.3. The molecule has 0 spiro atoms. The summed E-state index contributed by atoms with van der Waals surface area (Å²) in [4.78, 5) is 24.6. The molecule has 3 aromatic carbocycles. The Labute approximate surface area is 204 Å². The van der Waals surface area contributed by atoms with Crippen LogP contribution in [0.15, 0.2) is 78.9 Å². The predicted molar refractivity (Wildman–Crippen MR) is 137 cm³/mol. The minimum atomic E-state index is -0.338. The molecular weight excluding hydrogens is 450 g/mol. The van der Waals surface area contributed by atoms with Gasteiger partial charge in [0.2, 0.25) is 0 Å². The first-order valence-electron chi connectivity index (χ1n) is 10.8. The Balaban J connectivity index is 1.48. The molecule has 0 atom stereocenters. The van der Waals surface area contributed by atoms with Crippen LogP contribution >= 0.6 is 12.2 Å². The van der Waals surface area contributed by atoms with Crippen LogP contribution < -0.4 is 25.4 Å². The first-order chi connectivity index (χ1) is 16.4. The van der Waals surface area contributed by atoms with Gasteiger partial charge in [0.05, 0.1) is 6.61 Å². The molecule has 0 bridgehead atoms. The van der Waals surface area contributed by atoms with Crippen LogP contribution in [0.4, 0.5) is 11.4 Å². The smallest absolute Gasteiger partial charge is 0.262 e. The van der Waals surface area contributed by atoms with Gasteiger partial charge in [-0.15, -0.1) is 0 Å². The summed E-state index contributed by atoms with van der Waals surface area (Å²) in [5.74, 6) is 1.11. The lowest BCUT2D eigenvalue weighted by Gasteiger charge is -2.12. The molecule has 0 aliphatic heterocycles. The highest BCUT2D eigenvalue weighted by Crippen LogP contribution is 2.16. The van der Waals surface area contributed by atoms with Crippen molar-refractivity contribution in [3.63, 3.8) is 0 Å². The van der Waals surface area contributed by atoms with Crippen molar-refractivity contribution < 1.29 is 19.1 Å². The minimum Gasteiger partial charge on any atom is -0.493 e. The average Bonchev–Trinajstić information content (AvgIpc) is 2.82. The Bertz CT molecular complexity index is 1120. The van der Waals surface area contributed by atoms with E-state index in [4.69, 9.17) is 21.7 Å². The zero-order chi connectivity index (χ0) is 24.3. The molecular formula is C26H27N3O4S. The molecule has 0 saturated heterocycles. The van der Waals surface area contributed by atoms with Gasteiger partial charge in [0, 0.05) is 16.9 Å². The lowest BCUT2D eigenvalue weighted by Crippen LogP contribution is -2.34. The number of anilines is 2. The topological polar surface area (TPSA) is 88.7 Å². The van der Waals surface area contributed by atoms with Gasteiger partial charge in [-0.25, -0.2) is 0 Å². The quantitative estimate of drug-likeness (QED) is 0.381. The van der Waals surface area contributed by atoms with Crippen molar-refractivity contribution in [2.75, 3.05) is 23.8 Å². The molecule has 0 fully saturated rings. The van der Waals surface area contributed by atoms with E-state index < -0.39 is 0 Å². The standard InChI is InChI=1S/C26H27N3O4S/c1-18(2)16-32-23-13-11-19(12-14-23)25(31)29-26(34)28-21-8-6-7-20(15-21)27-24(30)17-33-22-9-4-3-5-10-22/h3-15,18H,16-17H2,1-2H3,(H,27,30)(H2,28,29,31,34). The van der Waals surface area contributed by atoms with Crippen LogP contribution in [0.5, 0.6) is 11.5 Å². The average molecular weight is 478 g/mol. The highest BCUT2D eigenvalue weighted by molar-refractivity contribution is 7.80. The van der Waals surface area contributed by atoms with E-state index in [1.165, 1.54) is 0 Å². The van der Waals surface area contributed by atoms with Crippen LogP contribution in [0.25, 0.3) is 0 Å². The van der Waals surface area contributed by atoms with Gasteiger partial charge in [0.25, 0.3) is 11.8 Å². The summed E-state index contributed by atoms with van der Waals surface area (Å²) in [5, 5.41) is 8.51. The zero-order valence-corrected chi connectivity index (χ0v) is 19.9. The number of nitrogens with one attached hydrogen (secondary N) is 3. The number of thiocarbonyl (C=S) groups is 1. The third kappa shape index (κ3) is 8.22. The molecule has 3 aromatic rings. The van der Waals surface area contributed by atoms with Crippen LogP contribution in [0.2, 0.25) is 0 Å². The summed E-state index contributed by atoms with van der Waals surface area (Å²) in [7, 11) is 0. The number of para-hydroxylation sites is 1. The van der Waals surface area contributed by atoms with Crippen molar-refractivity contribution >= 4 is 40.5 Å². The van der Waals surface area contributed by atoms with E-state index in [9.17, 15) is 9.59 Å². The van der Waals surface area contributed by atoms with Gasteiger partial charge in [0.1, 0.15) is 11.5 Å². The number of rotatable bonds is 9. The third-order valence-corrected chi connectivity index (χ3v) is 4.65. The third-order valence-electron chi connectivity index (χ3n) is 4.44. The lowest BCUT2D eigenvalue weighted by atomic mass is 10.2. The molecule has 3 N–H and O–H groups in total.